The van der Waals surface area contributed by atoms with Gasteiger partial charge < -0.3 is 10.4 Å². The first kappa shape index (κ1) is 12.0. The maximum atomic E-state index is 13.2. The van der Waals surface area contributed by atoms with E-state index in [9.17, 15) is 9.18 Å². The van der Waals surface area contributed by atoms with E-state index in [0.717, 1.165) is 0 Å². The van der Waals surface area contributed by atoms with Crippen molar-refractivity contribution in [1.82, 2.24) is 0 Å². The molecule has 0 aliphatic carbocycles. The Morgan fingerprint density at radius 1 is 1.69 bits per heavy atom. The van der Waals surface area contributed by atoms with E-state index >= 15 is 0 Å². The molecular weight excluding hydrogens is 211 g/mol. The van der Waals surface area contributed by atoms with Gasteiger partial charge in [-0.1, -0.05) is 13.0 Å². The monoisotopic (exact) mass is 222 g/mol. The van der Waals surface area contributed by atoms with E-state index in [0.29, 0.717) is 5.69 Å². The lowest BCUT2D eigenvalue weighted by atomic mass is 10.1. The van der Waals surface area contributed by atoms with Crippen LogP contribution in [0.4, 0.5) is 10.1 Å². The first-order valence-electron chi connectivity index (χ1n) is 4.71. The number of hydrogen-bond donors (Lipinski definition) is 2. The molecule has 0 radical (unpaired) electrons. The van der Waals surface area contributed by atoms with Crippen LogP contribution >= 0.6 is 0 Å². The summed E-state index contributed by atoms with van der Waals surface area (Å²) in [7, 11) is 0. The molecule has 4 nitrogen and oxygen atoms in total. The Morgan fingerprint density at radius 3 is 2.94 bits per heavy atom. The number of rotatable bonds is 4. The average molecular weight is 222 g/mol. The Hall–Kier alpha value is -2.09. The lowest BCUT2D eigenvalue weighted by molar-refractivity contribution is -0.140. The maximum absolute atomic E-state index is 13.2. The van der Waals surface area contributed by atoms with Gasteiger partial charge in [0.1, 0.15) is 17.4 Å². The minimum Gasteiger partial charge on any atom is -0.481 e. The van der Waals surface area contributed by atoms with Crippen LogP contribution in [-0.4, -0.2) is 17.6 Å². The van der Waals surface area contributed by atoms with Gasteiger partial charge in [0.2, 0.25) is 0 Å². The highest BCUT2D eigenvalue weighted by atomic mass is 19.1. The summed E-state index contributed by atoms with van der Waals surface area (Å²) in [6, 6.07) is 5.92. The maximum Gasteiger partial charge on any atom is 0.308 e. The van der Waals surface area contributed by atoms with Crippen LogP contribution in [0.5, 0.6) is 0 Å². The van der Waals surface area contributed by atoms with Gasteiger partial charge in [0.15, 0.2) is 0 Å². The summed E-state index contributed by atoms with van der Waals surface area (Å²) in [6.07, 6.45) is 0. The van der Waals surface area contributed by atoms with Gasteiger partial charge >= 0.3 is 5.97 Å². The van der Waals surface area contributed by atoms with Crippen LogP contribution < -0.4 is 5.32 Å². The van der Waals surface area contributed by atoms with Crippen molar-refractivity contribution in [2.45, 2.75) is 6.92 Å². The third-order valence-corrected chi connectivity index (χ3v) is 2.15. The van der Waals surface area contributed by atoms with Crippen molar-refractivity contribution >= 4 is 11.7 Å². The number of nitriles is 1. The van der Waals surface area contributed by atoms with Crippen LogP contribution in [0.3, 0.4) is 0 Å². The fourth-order valence-electron chi connectivity index (χ4n) is 1.14. The van der Waals surface area contributed by atoms with Crippen LogP contribution in [0.15, 0.2) is 18.2 Å². The summed E-state index contributed by atoms with van der Waals surface area (Å²) in [6.45, 7) is 1.67. The normalized spacial score (nSPS) is 11.6. The first-order valence-corrected chi connectivity index (χ1v) is 4.71. The summed E-state index contributed by atoms with van der Waals surface area (Å²) in [5.41, 5.74) is 0.218. The molecule has 2 N–H and O–H groups in total. The smallest absolute Gasteiger partial charge is 0.308 e. The Bertz CT molecular complexity index is 440. The van der Waals surface area contributed by atoms with Crippen molar-refractivity contribution in [2.75, 3.05) is 11.9 Å². The van der Waals surface area contributed by atoms with E-state index < -0.39 is 17.7 Å². The Morgan fingerprint density at radius 2 is 2.38 bits per heavy atom. The van der Waals surface area contributed by atoms with Gasteiger partial charge in [-0.15, -0.1) is 0 Å². The highest BCUT2D eigenvalue weighted by Gasteiger charge is 2.12. The fraction of sp³-hybridized carbons (Fsp3) is 0.273. The molecule has 5 heteroatoms. The molecule has 1 rings (SSSR count). The molecule has 84 valence electrons. The fourth-order valence-corrected chi connectivity index (χ4v) is 1.14. The zero-order valence-corrected chi connectivity index (χ0v) is 8.70. The number of benzene rings is 1. The van der Waals surface area contributed by atoms with Crippen molar-refractivity contribution in [1.29, 1.82) is 5.26 Å². The lowest BCUT2D eigenvalue weighted by Gasteiger charge is -2.10. The molecule has 0 amide bonds. The molecule has 0 fully saturated rings. The average Bonchev–Trinajstić information content (AvgIpc) is 2.25. The van der Waals surface area contributed by atoms with Crippen LogP contribution in [-0.2, 0) is 4.79 Å². The van der Waals surface area contributed by atoms with E-state index in [1.807, 2.05) is 0 Å². The van der Waals surface area contributed by atoms with Gasteiger partial charge in [-0.2, -0.15) is 5.26 Å². The topological polar surface area (TPSA) is 73.1 Å². The molecule has 1 unspecified atom stereocenters. The Labute approximate surface area is 92.3 Å². The number of hydrogen-bond acceptors (Lipinski definition) is 3. The SMILES string of the molecule is CC(CNc1cccc(F)c1C#N)C(=O)O. The molecule has 0 spiro atoms. The van der Waals surface area contributed by atoms with Crippen LogP contribution in [0.1, 0.15) is 12.5 Å². The molecule has 0 bridgehead atoms. The number of nitrogens with one attached hydrogen (secondary N) is 1. The summed E-state index contributed by atoms with van der Waals surface area (Å²) in [5, 5.41) is 20.1. The van der Waals surface area contributed by atoms with Crippen molar-refractivity contribution in [3.63, 3.8) is 0 Å². The van der Waals surface area contributed by atoms with E-state index in [-0.39, 0.29) is 12.1 Å². The van der Waals surface area contributed by atoms with Crippen LogP contribution in [0, 0.1) is 23.1 Å². The summed E-state index contributed by atoms with van der Waals surface area (Å²) >= 11 is 0. The van der Waals surface area contributed by atoms with Crippen LogP contribution in [0.2, 0.25) is 0 Å². The zero-order chi connectivity index (χ0) is 12.1. The Balaban J connectivity index is 2.79. The Kier molecular flexibility index (Phi) is 3.84. The summed E-state index contributed by atoms with van der Waals surface area (Å²) < 4.78 is 13.2. The lowest BCUT2D eigenvalue weighted by Crippen LogP contribution is -2.20. The molecule has 0 saturated heterocycles. The summed E-state index contributed by atoms with van der Waals surface area (Å²) in [5.74, 6) is -2.16. The standard InChI is InChI=1S/C11H11FN2O2/c1-7(11(15)16)6-14-10-4-2-3-9(12)8(10)5-13/h2-4,7,14H,6H2,1H3,(H,15,16). The second-order valence-corrected chi connectivity index (χ2v) is 3.39. The minimum atomic E-state index is -0.942. The van der Waals surface area contributed by atoms with Gasteiger partial charge in [-0.25, -0.2) is 4.39 Å². The number of halogens is 1. The molecule has 16 heavy (non-hydrogen) atoms. The van der Waals surface area contributed by atoms with Crippen molar-refractivity contribution in [2.24, 2.45) is 5.92 Å². The molecular formula is C11H11FN2O2. The number of carboxylic acids is 1. The van der Waals surface area contributed by atoms with Gasteiger partial charge in [0.05, 0.1) is 11.6 Å². The van der Waals surface area contributed by atoms with Gasteiger partial charge in [0, 0.05) is 6.54 Å². The van der Waals surface area contributed by atoms with Gasteiger partial charge in [0.25, 0.3) is 0 Å². The number of nitrogens with zero attached hydrogens (tertiary/aromatic N) is 1. The molecule has 0 saturated carbocycles. The van der Waals surface area contributed by atoms with Gasteiger partial charge in [-0.05, 0) is 12.1 Å². The molecule has 1 atom stereocenters. The molecule has 1 aromatic rings. The molecule has 0 aliphatic rings. The predicted octanol–water partition coefficient (Wildman–Crippen LogP) is 1.83. The minimum absolute atomic E-state index is 0.0971. The third kappa shape index (κ3) is 2.70. The van der Waals surface area contributed by atoms with Crippen LogP contribution in [0.25, 0.3) is 0 Å². The largest absolute Gasteiger partial charge is 0.481 e. The highest BCUT2D eigenvalue weighted by Crippen LogP contribution is 2.17. The molecule has 0 aliphatic heterocycles. The molecule has 0 heterocycles. The summed E-state index contributed by atoms with van der Waals surface area (Å²) in [4.78, 5) is 10.6. The second-order valence-electron chi connectivity index (χ2n) is 3.39. The second kappa shape index (κ2) is 5.12. The van der Waals surface area contributed by atoms with Gasteiger partial charge in [-0.3, -0.25) is 4.79 Å². The van der Waals surface area contributed by atoms with E-state index in [4.69, 9.17) is 10.4 Å². The first-order chi connectivity index (χ1) is 7.56. The van der Waals surface area contributed by atoms with Crippen molar-refractivity contribution in [3.05, 3.63) is 29.6 Å². The number of anilines is 1. The van der Waals surface area contributed by atoms with E-state index in [1.165, 1.54) is 25.1 Å². The molecule has 0 aromatic heterocycles. The zero-order valence-electron chi connectivity index (χ0n) is 8.70. The highest BCUT2D eigenvalue weighted by molar-refractivity contribution is 5.70. The quantitative estimate of drug-likeness (QED) is 0.815. The van der Waals surface area contributed by atoms with Crippen molar-refractivity contribution in [3.8, 4) is 6.07 Å². The van der Waals surface area contributed by atoms with E-state index in [1.54, 1.807) is 6.07 Å². The van der Waals surface area contributed by atoms with Crippen molar-refractivity contribution < 1.29 is 14.3 Å². The number of carbonyl (C=O) groups is 1. The third-order valence-electron chi connectivity index (χ3n) is 2.15. The molecule has 1 aromatic carbocycles. The van der Waals surface area contributed by atoms with E-state index in [2.05, 4.69) is 5.32 Å². The number of carboxylic acid groups (broad SMARTS) is 1. The number of aliphatic carboxylic acids is 1. The predicted molar refractivity (Wildman–Crippen MR) is 56.4 cm³/mol.